The van der Waals surface area contributed by atoms with Gasteiger partial charge in [-0.15, -0.1) is 11.6 Å². The van der Waals surface area contributed by atoms with Gasteiger partial charge in [-0.3, -0.25) is 0 Å². The number of rotatable bonds is 4. The molecule has 4 heteroatoms. The fourth-order valence-electron chi connectivity index (χ4n) is 1.35. The number of pyridine rings is 1. The molecule has 2 nitrogen and oxygen atoms in total. The number of alkyl halides is 1. The lowest BCUT2D eigenvalue weighted by atomic mass is 10.2. The summed E-state index contributed by atoms with van der Waals surface area (Å²) in [5, 5.41) is 0. The fraction of sp³-hybridized carbons (Fsp3) is 0.154. The van der Waals surface area contributed by atoms with Crippen LogP contribution >= 0.6 is 27.5 Å². The summed E-state index contributed by atoms with van der Waals surface area (Å²) in [5.74, 6) is 1.07. The SMILES string of the molecule is ClCc1ccnc(OCc2ccc(Br)cc2)c1. The highest BCUT2D eigenvalue weighted by Crippen LogP contribution is 2.15. The molecule has 0 aliphatic carbocycles. The fourth-order valence-corrected chi connectivity index (χ4v) is 1.78. The van der Waals surface area contributed by atoms with Crippen LogP contribution in [0.25, 0.3) is 0 Å². The average Bonchev–Trinajstić information content (AvgIpc) is 2.38. The van der Waals surface area contributed by atoms with Crippen molar-refractivity contribution in [2.24, 2.45) is 0 Å². The zero-order valence-corrected chi connectivity index (χ0v) is 11.4. The number of nitrogens with zero attached hydrogens (tertiary/aromatic N) is 1. The van der Waals surface area contributed by atoms with E-state index in [1.165, 1.54) is 0 Å². The second-order valence-corrected chi connectivity index (χ2v) is 4.73. The zero-order chi connectivity index (χ0) is 12.1. The van der Waals surface area contributed by atoms with Gasteiger partial charge >= 0.3 is 0 Å². The van der Waals surface area contributed by atoms with Gasteiger partial charge in [0.25, 0.3) is 0 Å². The van der Waals surface area contributed by atoms with Crippen LogP contribution in [0.5, 0.6) is 5.88 Å². The number of hydrogen-bond acceptors (Lipinski definition) is 2. The molecule has 1 aromatic carbocycles. The van der Waals surface area contributed by atoms with E-state index in [0.29, 0.717) is 18.4 Å². The van der Waals surface area contributed by atoms with Crippen LogP contribution in [0.15, 0.2) is 47.1 Å². The number of ether oxygens (including phenoxy) is 1. The molecule has 2 aromatic rings. The average molecular weight is 313 g/mol. The third-order valence-corrected chi connectivity index (χ3v) is 3.09. The summed E-state index contributed by atoms with van der Waals surface area (Å²) in [4.78, 5) is 4.13. The predicted octanol–water partition coefficient (Wildman–Crippen LogP) is 4.16. The van der Waals surface area contributed by atoms with Gasteiger partial charge in [-0.25, -0.2) is 4.98 Å². The minimum absolute atomic E-state index is 0.469. The third kappa shape index (κ3) is 3.72. The molecular formula is C13H11BrClNO. The number of aromatic nitrogens is 1. The van der Waals surface area contributed by atoms with Crippen molar-refractivity contribution in [1.29, 1.82) is 0 Å². The molecular weight excluding hydrogens is 302 g/mol. The quantitative estimate of drug-likeness (QED) is 0.791. The van der Waals surface area contributed by atoms with Crippen molar-refractivity contribution in [3.05, 3.63) is 58.2 Å². The van der Waals surface area contributed by atoms with Crippen molar-refractivity contribution in [1.82, 2.24) is 4.98 Å². The Bertz CT molecular complexity index is 487. The van der Waals surface area contributed by atoms with E-state index in [1.807, 2.05) is 36.4 Å². The van der Waals surface area contributed by atoms with Crippen molar-refractivity contribution in [3.8, 4) is 5.88 Å². The lowest BCUT2D eigenvalue weighted by Crippen LogP contribution is -1.97. The topological polar surface area (TPSA) is 22.1 Å². The molecule has 0 aliphatic heterocycles. The van der Waals surface area contributed by atoms with Crippen molar-refractivity contribution >= 4 is 27.5 Å². The van der Waals surface area contributed by atoms with Gasteiger partial charge in [0, 0.05) is 22.6 Å². The summed E-state index contributed by atoms with van der Waals surface area (Å²) in [7, 11) is 0. The minimum Gasteiger partial charge on any atom is -0.473 e. The molecule has 0 atom stereocenters. The maximum Gasteiger partial charge on any atom is 0.213 e. The van der Waals surface area contributed by atoms with Crippen LogP contribution in [0.1, 0.15) is 11.1 Å². The molecule has 0 unspecified atom stereocenters. The van der Waals surface area contributed by atoms with Crippen LogP contribution in [0.3, 0.4) is 0 Å². The first kappa shape index (κ1) is 12.4. The van der Waals surface area contributed by atoms with Crippen LogP contribution < -0.4 is 4.74 Å². The standard InChI is InChI=1S/C13H11BrClNO/c14-12-3-1-10(2-4-12)9-17-13-7-11(8-15)5-6-16-13/h1-7H,8-9H2. The Kier molecular flexibility index (Phi) is 4.40. The van der Waals surface area contributed by atoms with E-state index in [0.717, 1.165) is 15.6 Å². The van der Waals surface area contributed by atoms with Gasteiger partial charge in [0.15, 0.2) is 0 Å². The number of benzene rings is 1. The number of halogens is 2. The van der Waals surface area contributed by atoms with E-state index < -0.39 is 0 Å². The zero-order valence-electron chi connectivity index (χ0n) is 9.07. The Morgan fingerprint density at radius 2 is 1.88 bits per heavy atom. The van der Waals surface area contributed by atoms with Gasteiger partial charge in [-0.2, -0.15) is 0 Å². The first-order valence-corrected chi connectivity index (χ1v) is 6.49. The summed E-state index contributed by atoms with van der Waals surface area (Å²) >= 11 is 9.14. The van der Waals surface area contributed by atoms with Crippen molar-refractivity contribution in [3.63, 3.8) is 0 Å². The molecule has 17 heavy (non-hydrogen) atoms. The van der Waals surface area contributed by atoms with Gasteiger partial charge in [0.2, 0.25) is 5.88 Å². The lowest BCUT2D eigenvalue weighted by molar-refractivity contribution is 0.293. The Labute approximate surface area is 114 Å². The van der Waals surface area contributed by atoms with Crippen LogP contribution in [0, 0.1) is 0 Å². The monoisotopic (exact) mass is 311 g/mol. The normalized spacial score (nSPS) is 10.2. The first-order valence-electron chi connectivity index (χ1n) is 5.16. The van der Waals surface area contributed by atoms with E-state index in [1.54, 1.807) is 6.20 Å². The maximum atomic E-state index is 5.74. The van der Waals surface area contributed by atoms with Crippen LogP contribution in [0.2, 0.25) is 0 Å². The van der Waals surface area contributed by atoms with Gasteiger partial charge in [0.1, 0.15) is 6.61 Å². The van der Waals surface area contributed by atoms with Crippen LogP contribution in [-0.4, -0.2) is 4.98 Å². The van der Waals surface area contributed by atoms with Crippen molar-refractivity contribution in [2.75, 3.05) is 0 Å². The molecule has 1 heterocycles. The van der Waals surface area contributed by atoms with Gasteiger partial charge < -0.3 is 4.74 Å². The molecule has 1 aromatic heterocycles. The third-order valence-electron chi connectivity index (χ3n) is 2.25. The summed E-state index contributed by atoms with van der Waals surface area (Å²) in [6, 6.07) is 11.7. The first-order chi connectivity index (χ1) is 8.28. The van der Waals surface area contributed by atoms with Gasteiger partial charge in [-0.1, -0.05) is 28.1 Å². The summed E-state index contributed by atoms with van der Waals surface area (Å²) < 4.78 is 6.65. The largest absolute Gasteiger partial charge is 0.473 e. The predicted molar refractivity (Wildman–Crippen MR) is 72.3 cm³/mol. The molecule has 2 rings (SSSR count). The molecule has 0 fully saturated rings. The summed E-state index contributed by atoms with van der Waals surface area (Å²) in [6.07, 6.45) is 1.70. The Hall–Kier alpha value is -1.06. The molecule has 0 aliphatic rings. The van der Waals surface area contributed by atoms with Gasteiger partial charge in [-0.05, 0) is 29.3 Å². The summed E-state index contributed by atoms with van der Waals surface area (Å²) in [5.41, 5.74) is 2.11. The van der Waals surface area contributed by atoms with E-state index >= 15 is 0 Å². The summed E-state index contributed by atoms with van der Waals surface area (Å²) in [6.45, 7) is 0.506. The Morgan fingerprint density at radius 3 is 2.59 bits per heavy atom. The maximum absolute atomic E-state index is 5.74. The highest BCUT2D eigenvalue weighted by Gasteiger charge is 1.99. The number of hydrogen-bond donors (Lipinski definition) is 0. The van der Waals surface area contributed by atoms with Crippen molar-refractivity contribution in [2.45, 2.75) is 12.5 Å². The lowest BCUT2D eigenvalue weighted by Gasteiger charge is -2.06. The molecule has 0 amide bonds. The highest BCUT2D eigenvalue weighted by molar-refractivity contribution is 9.10. The van der Waals surface area contributed by atoms with E-state index in [2.05, 4.69) is 20.9 Å². The molecule has 0 saturated carbocycles. The molecule has 0 radical (unpaired) electrons. The highest BCUT2D eigenvalue weighted by atomic mass is 79.9. The van der Waals surface area contributed by atoms with E-state index in [4.69, 9.17) is 16.3 Å². The van der Waals surface area contributed by atoms with Gasteiger partial charge in [0.05, 0.1) is 0 Å². The van der Waals surface area contributed by atoms with Crippen LogP contribution in [0.4, 0.5) is 0 Å². The Balaban J connectivity index is 1.99. The van der Waals surface area contributed by atoms with Crippen LogP contribution in [-0.2, 0) is 12.5 Å². The molecule has 88 valence electrons. The van der Waals surface area contributed by atoms with E-state index in [-0.39, 0.29) is 0 Å². The second-order valence-electron chi connectivity index (χ2n) is 3.55. The van der Waals surface area contributed by atoms with Crippen molar-refractivity contribution < 1.29 is 4.74 Å². The smallest absolute Gasteiger partial charge is 0.213 e. The molecule has 0 N–H and O–H groups in total. The molecule has 0 spiro atoms. The molecule has 0 bridgehead atoms. The molecule has 0 saturated heterocycles. The van der Waals surface area contributed by atoms with E-state index in [9.17, 15) is 0 Å². The second kappa shape index (κ2) is 6.03. The minimum atomic E-state index is 0.469. The Morgan fingerprint density at radius 1 is 1.12 bits per heavy atom.